The van der Waals surface area contributed by atoms with Crippen LogP contribution in [0.1, 0.15) is 111 Å². The molecule has 8 aliphatic rings. The van der Waals surface area contributed by atoms with Gasteiger partial charge < -0.3 is 14.9 Å². The van der Waals surface area contributed by atoms with Gasteiger partial charge in [0.1, 0.15) is 6.67 Å². The lowest BCUT2D eigenvalue weighted by Crippen LogP contribution is -2.37. The minimum atomic E-state index is -0.0763. The van der Waals surface area contributed by atoms with Crippen molar-refractivity contribution >= 4 is 126 Å². The molecular formula is C79H55N5. The fraction of sp³-hybridized carbons (Fsp3) is 0.165. The Bertz CT molecular complexity index is 5820. The minimum absolute atomic E-state index is 0. The molecular weight excluding hydrogens is 1020 g/mol. The Hall–Kier alpha value is -9.58. The van der Waals surface area contributed by atoms with Crippen LogP contribution in [0.25, 0.3) is 109 Å². The van der Waals surface area contributed by atoms with E-state index in [2.05, 4.69) is 182 Å². The molecule has 14 aromatic rings. The Kier molecular flexibility index (Phi) is 7.72. The zero-order chi connectivity index (χ0) is 54.1. The molecule has 4 atom stereocenters. The number of nitrogens with two attached hydrogens (primary N) is 1. The van der Waals surface area contributed by atoms with Crippen molar-refractivity contribution in [1.29, 1.82) is 0 Å². The second kappa shape index (κ2) is 14.4. The van der Waals surface area contributed by atoms with E-state index in [4.69, 9.17) is 15.7 Å². The van der Waals surface area contributed by atoms with Crippen molar-refractivity contribution in [2.75, 3.05) is 5.73 Å². The van der Waals surface area contributed by atoms with Crippen LogP contribution >= 0.6 is 0 Å². The SMILES string of the molecule is C.Cc1cc(C)c(C2=c3ccc4n3Cn3c(ccc3C(c3ccc(N)cc3)=C3C=CC2=N3)C(c2ccc(C3C(C)CC5c6ccc7cc8c9c%10c(cc%11ccc%12cc%13c%14c(c%15c6c7c9c%15c6c%14c%12c%11c%106)C53C%13)C8)cc2)=C2C=CC(=N2)C=4)c(C)c1. The third-order valence-electron chi connectivity index (χ3n) is 22.4. The molecule has 2 N–H and O–H groups in total. The summed E-state index contributed by atoms with van der Waals surface area (Å²) in [4.78, 5) is 11.2. The van der Waals surface area contributed by atoms with Gasteiger partial charge in [0.05, 0.1) is 39.6 Å². The lowest BCUT2D eigenvalue weighted by Gasteiger charge is -2.43. The normalized spacial score (nSPS) is 21.3. The number of allylic oxidation sites excluding steroid dienone is 4. The molecule has 4 unspecified atom stereocenters. The van der Waals surface area contributed by atoms with E-state index < -0.39 is 0 Å². The molecule has 0 radical (unpaired) electrons. The maximum absolute atomic E-state index is 6.42. The number of anilines is 1. The number of benzene rings is 10. The second-order valence-corrected chi connectivity index (χ2v) is 26.4. The summed E-state index contributed by atoms with van der Waals surface area (Å²) in [6, 6.07) is 50.1. The number of aryl methyl sites for hydroxylation is 3. The molecule has 1 saturated carbocycles. The highest BCUT2D eigenvalue weighted by Crippen LogP contribution is 2.74. The Balaban J connectivity index is 0.00000492. The zero-order valence-corrected chi connectivity index (χ0v) is 46.4. The minimum Gasteiger partial charge on any atom is -0.399 e. The Morgan fingerprint density at radius 1 is 0.536 bits per heavy atom. The molecule has 4 aliphatic heterocycles. The lowest BCUT2D eigenvalue weighted by molar-refractivity contribution is 0.344. The maximum Gasteiger partial charge on any atom is 0.100 e. The summed E-state index contributed by atoms with van der Waals surface area (Å²) >= 11 is 0. The predicted octanol–water partition coefficient (Wildman–Crippen LogP) is 16.5. The first-order valence-electron chi connectivity index (χ1n) is 30.1. The molecule has 1 spiro atoms. The average Bonchev–Trinajstić information content (AvgIpc) is 1.46. The van der Waals surface area contributed by atoms with Gasteiger partial charge in [-0.15, -0.1) is 0 Å². The number of nitrogens with zero attached hydrogens (tertiary/aromatic N) is 4. The van der Waals surface area contributed by atoms with Crippen LogP contribution in [0, 0.1) is 26.7 Å². The summed E-state index contributed by atoms with van der Waals surface area (Å²) in [5.74, 6) is 1.21. The smallest absolute Gasteiger partial charge is 0.100 e. The van der Waals surface area contributed by atoms with Crippen LogP contribution in [0.4, 0.5) is 5.69 Å². The van der Waals surface area contributed by atoms with Gasteiger partial charge in [0.2, 0.25) is 0 Å². The number of aliphatic imine (C=N–C) groups is 2. The molecule has 0 amide bonds. The molecule has 2 aromatic heterocycles. The molecule has 1 fully saturated rings. The molecule has 5 nitrogen and oxygen atoms in total. The van der Waals surface area contributed by atoms with Gasteiger partial charge in [-0.05, 0) is 272 Å². The largest absolute Gasteiger partial charge is 0.399 e. The number of rotatable bonds is 4. The topological polar surface area (TPSA) is 60.6 Å². The van der Waals surface area contributed by atoms with Gasteiger partial charge in [-0.1, -0.05) is 111 Å². The van der Waals surface area contributed by atoms with E-state index >= 15 is 0 Å². The van der Waals surface area contributed by atoms with Crippen LogP contribution in [0.5, 0.6) is 0 Å². The number of fused-ring (bicyclic) bond motifs is 3. The maximum atomic E-state index is 6.42. The van der Waals surface area contributed by atoms with Crippen molar-refractivity contribution < 1.29 is 0 Å². The quantitative estimate of drug-likeness (QED) is 0.139. The van der Waals surface area contributed by atoms with E-state index in [1.807, 2.05) is 12.1 Å². The Morgan fingerprint density at radius 3 is 1.86 bits per heavy atom. The third-order valence-corrected chi connectivity index (χ3v) is 22.4. The van der Waals surface area contributed by atoms with Crippen molar-refractivity contribution in [3.8, 4) is 0 Å². The van der Waals surface area contributed by atoms with Gasteiger partial charge in [0.25, 0.3) is 0 Å². The highest BCUT2D eigenvalue weighted by molar-refractivity contribution is 6.57. The van der Waals surface area contributed by atoms with Crippen molar-refractivity contribution in [3.05, 3.63) is 252 Å². The van der Waals surface area contributed by atoms with E-state index in [9.17, 15) is 0 Å². The van der Waals surface area contributed by atoms with Gasteiger partial charge in [-0.25, -0.2) is 9.98 Å². The molecule has 6 bridgehead atoms. The summed E-state index contributed by atoms with van der Waals surface area (Å²) in [6.07, 6.45) is 14.5. The predicted molar refractivity (Wildman–Crippen MR) is 350 cm³/mol. The molecule has 4 aliphatic carbocycles. The Morgan fingerprint density at radius 2 is 1.14 bits per heavy atom. The highest BCUT2D eigenvalue weighted by Gasteiger charge is 2.61. The third kappa shape index (κ3) is 4.87. The fourth-order valence-electron chi connectivity index (χ4n) is 19.9. The standard InChI is InChI=1S/C78H51N5.CH4/c1-35-25-36(2)59(37(3)26-35)69-55-21-20-54(81-55)61(40-11-14-48(79)15-12-40)57-24-23-56-60(53-19-16-49(80-53)32-50-17-22-58(69)82(50)34-83(56)57)39-5-7-41(8-6-39)76-38(4)27-52-51-18-13-44-29-46-31-45-28-42-9-10-43-30-47-33-78(52,76)77-67(47)72-63(43)62(42)70-65(45)66(46)71-64(44)68(51)75(77)74(71)73(70)72;/h5-26,28-30,32,38,52,76H,27,31,33-34,79H2,1-4H3;1H4. The summed E-state index contributed by atoms with van der Waals surface area (Å²) in [7, 11) is 0. The number of aromatic nitrogens is 2. The molecule has 5 heteroatoms. The first-order chi connectivity index (χ1) is 40.7. The zero-order valence-electron chi connectivity index (χ0n) is 46.4. The fourth-order valence-corrected chi connectivity index (χ4v) is 19.9. The molecule has 0 saturated heterocycles. The van der Waals surface area contributed by atoms with E-state index in [1.54, 1.807) is 75.9 Å². The second-order valence-electron chi connectivity index (χ2n) is 26.4. The average molecular weight is 1070 g/mol. The molecule has 84 heavy (non-hydrogen) atoms. The number of nitrogen functional groups attached to an aromatic ring is 1. The highest BCUT2D eigenvalue weighted by atomic mass is 15.2. The van der Waals surface area contributed by atoms with Crippen LogP contribution in [0.3, 0.4) is 0 Å². The van der Waals surface area contributed by atoms with E-state index in [-0.39, 0.29) is 12.8 Å². The van der Waals surface area contributed by atoms with Crippen LogP contribution in [-0.4, -0.2) is 20.6 Å². The van der Waals surface area contributed by atoms with E-state index in [1.165, 1.54) is 77.9 Å². The monoisotopic (exact) mass is 1070 g/mol. The summed E-state index contributed by atoms with van der Waals surface area (Å²) in [6.45, 7) is 9.87. The lowest BCUT2D eigenvalue weighted by atomic mass is 9.59. The summed E-state index contributed by atoms with van der Waals surface area (Å²) in [5.41, 5.74) is 33.1. The van der Waals surface area contributed by atoms with Crippen LogP contribution in [-0.2, 0) is 24.9 Å². The van der Waals surface area contributed by atoms with Gasteiger partial charge in [-0.2, -0.15) is 0 Å². The molecule has 12 aromatic carbocycles. The van der Waals surface area contributed by atoms with Crippen molar-refractivity contribution in [2.45, 2.75) is 78.3 Å². The molecule has 22 rings (SSSR count). The first-order valence-corrected chi connectivity index (χ1v) is 30.1. The summed E-state index contributed by atoms with van der Waals surface area (Å²) in [5, 5.41) is 26.9. The van der Waals surface area contributed by atoms with Gasteiger partial charge in [-0.3, -0.25) is 0 Å². The number of hydrogen-bond donors (Lipinski definition) is 1. The van der Waals surface area contributed by atoms with Crippen LogP contribution in [0.15, 0.2) is 173 Å². The molecule has 6 heterocycles. The van der Waals surface area contributed by atoms with E-state index in [0.29, 0.717) is 24.4 Å². The van der Waals surface area contributed by atoms with Crippen molar-refractivity contribution in [1.82, 2.24) is 9.13 Å². The van der Waals surface area contributed by atoms with Crippen LogP contribution in [0.2, 0.25) is 0 Å². The van der Waals surface area contributed by atoms with Crippen LogP contribution < -0.4 is 16.4 Å². The van der Waals surface area contributed by atoms with Crippen molar-refractivity contribution in [3.63, 3.8) is 0 Å². The van der Waals surface area contributed by atoms with E-state index in [0.717, 1.165) is 85.7 Å². The summed E-state index contributed by atoms with van der Waals surface area (Å²) < 4.78 is 5.04. The van der Waals surface area contributed by atoms with Gasteiger partial charge >= 0.3 is 0 Å². The first kappa shape index (κ1) is 45.0. The van der Waals surface area contributed by atoms with Gasteiger partial charge in [0.15, 0.2) is 0 Å². The van der Waals surface area contributed by atoms with Gasteiger partial charge in [0, 0.05) is 33.2 Å². The number of hydrogen-bond acceptors (Lipinski definition) is 3. The Labute approximate surface area is 484 Å². The molecule has 396 valence electrons. The van der Waals surface area contributed by atoms with Crippen molar-refractivity contribution in [2.24, 2.45) is 15.9 Å².